The van der Waals surface area contributed by atoms with E-state index >= 15 is 0 Å². The minimum atomic E-state index is 0.747. The zero-order chi connectivity index (χ0) is 16.9. The highest BCUT2D eigenvalue weighted by atomic mass is 16.5. The average Bonchev–Trinajstić information content (AvgIpc) is 2.68. The van der Waals surface area contributed by atoms with Crippen molar-refractivity contribution in [3.63, 3.8) is 0 Å². The lowest BCUT2D eigenvalue weighted by atomic mass is 10.1. The minimum absolute atomic E-state index is 0.747. The van der Waals surface area contributed by atoms with Crippen LogP contribution in [0, 0.1) is 0 Å². The van der Waals surface area contributed by atoms with Crippen LogP contribution >= 0.6 is 0 Å². The molecule has 1 aromatic heterocycles. The summed E-state index contributed by atoms with van der Waals surface area (Å²) in [6, 6.07) is 30.1. The number of benzene rings is 3. The van der Waals surface area contributed by atoms with Crippen LogP contribution < -0.4 is 4.74 Å². The third-order valence-electron chi connectivity index (χ3n) is 3.92. The second-order valence-corrected chi connectivity index (χ2v) is 5.72. The highest BCUT2D eigenvalue weighted by molar-refractivity contribution is 5.83. The van der Waals surface area contributed by atoms with Gasteiger partial charge in [0.2, 0.25) is 0 Å². The van der Waals surface area contributed by atoms with Gasteiger partial charge >= 0.3 is 0 Å². The van der Waals surface area contributed by atoms with Crippen molar-refractivity contribution in [2.24, 2.45) is 0 Å². The van der Waals surface area contributed by atoms with Gasteiger partial charge in [-0.05, 0) is 35.9 Å². The molecule has 0 aliphatic heterocycles. The highest BCUT2D eigenvalue weighted by Gasteiger charge is 2.07. The molecule has 0 N–H and O–H groups in total. The van der Waals surface area contributed by atoms with Crippen molar-refractivity contribution in [2.75, 3.05) is 0 Å². The van der Waals surface area contributed by atoms with Gasteiger partial charge in [-0.15, -0.1) is 0 Å². The van der Waals surface area contributed by atoms with Gasteiger partial charge in [0.05, 0.1) is 5.52 Å². The third kappa shape index (κ3) is 3.59. The number of rotatable bonds is 4. The molecule has 4 aromatic rings. The van der Waals surface area contributed by atoms with Crippen LogP contribution in [0.5, 0.6) is 11.5 Å². The van der Waals surface area contributed by atoms with Crippen LogP contribution in [0.25, 0.3) is 23.1 Å². The molecule has 0 spiro atoms. The van der Waals surface area contributed by atoms with E-state index in [1.165, 1.54) is 0 Å². The molecule has 0 radical (unpaired) electrons. The quantitative estimate of drug-likeness (QED) is 0.446. The monoisotopic (exact) mass is 323 g/mol. The van der Waals surface area contributed by atoms with Crippen molar-refractivity contribution < 1.29 is 4.74 Å². The van der Waals surface area contributed by atoms with Crippen molar-refractivity contribution in [1.82, 2.24) is 4.98 Å². The Labute approximate surface area is 147 Å². The summed E-state index contributed by atoms with van der Waals surface area (Å²) in [6.07, 6.45) is 4.05. The van der Waals surface area contributed by atoms with Gasteiger partial charge in [-0.1, -0.05) is 72.8 Å². The standard InChI is InChI=1S/C23H17NO/c1-3-9-18(10-4-1)15-16-22-23(25-20-12-5-2-6-13-20)17-19-11-7-8-14-21(19)24-22/h1-17H/b16-15+. The fraction of sp³-hybridized carbons (Fsp3) is 0. The Kier molecular flexibility index (Phi) is 4.25. The molecule has 2 heteroatoms. The van der Waals surface area contributed by atoms with E-state index in [0.717, 1.165) is 33.7 Å². The summed E-state index contributed by atoms with van der Waals surface area (Å²) in [5.41, 5.74) is 2.89. The van der Waals surface area contributed by atoms with E-state index < -0.39 is 0 Å². The Morgan fingerprint density at radius 1 is 0.680 bits per heavy atom. The predicted molar refractivity (Wildman–Crippen MR) is 104 cm³/mol. The molecule has 25 heavy (non-hydrogen) atoms. The SMILES string of the molecule is C(=C\c1nc2ccccc2cc1Oc1ccccc1)/c1ccccc1. The molecule has 4 rings (SSSR count). The molecule has 0 unspecified atom stereocenters. The van der Waals surface area contributed by atoms with Crippen LogP contribution in [0.3, 0.4) is 0 Å². The molecule has 0 amide bonds. The molecule has 0 aliphatic rings. The Hall–Kier alpha value is -3.39. The number of fused-ring (bicyclic) bond motifs is 1. The molecule has 2 nitrogen and oxygen atoms in total. The van der Waals surface area contributed by atoms with Crippen molar-refractivity contribution >= 4 is 23.1 Å². The van der Waals surface area contributed by atoms with Gasteiger partial charge in [0.25, 0.3) is 0 Å². The maximum atomic E-state index is 6.09. The topological polar surface area (TPSA) is 22.1 Å². The second kappa shape index (κ2) is 7.02. The van der Waals surface area contributed by atoms with Crippen LogP contribution in [0.4, 0.5) is 0 Å². The number of para-hydroxylation sites is 2. The first-order chi connectivity index (χ1) is 12.4. The highest BCUT2D eigenvalue weighted by Crippen LogP contribution is 2.29. The number of aromatic nitrogens is 1. The van der Waals surface area contributed by atoms with E-state index in [0.29, 0.717) is 0 Å². The number of hydrogen-bond donors (Lipinski definition) is 0. The van der Waals surface area contributed by atoms with Crippen LogP contribution in [-0.2, 0) is 0 Å². The fourth-order valence-corrected chi connectivity index (χ4v) is 2.67. The summed E-state index contributed by atoms with van der Waals surface area (Å²) < 4.78 is 6.09. The molecule has 120 valence electrons. The predicted octanol–water partition coefficient (Wildman–Crippen LogP) is 6.20. The molecule has 0 saturated heterocycles. The molecule has 0 aliphatic carbocycles. The number of nitrogens with zero attached hydrogens (tertiary/aromatic N) is 1. The largest absolute Gasteiger partial charge is 0.455 e. The molecular formula is C23H17NO. The van der Waals surface area contributed by atoms with E-state index in [1.54, 1.807) is 0 Å². The van der Waals surface area contributed by atoms with Gasteiger partial charge in [0.15, 0.2) is 5.75 Å². The fourth-order valence-electron chi connectivity index (χ4n) is 2.67. The van der Waals surface area contributed by atoms with Crippen molar-refractivity contribution in [2.45, 2.75) is 0 Å². The zero-order valence-electron chi connectivity index (χ0n) is 13.7. The first kappa shape index (κ1) is 15.2. The molecular weight excluding hydrogens is 306 g/mol. The van der Waals surface area contributed by atoms with E-state index in [-0.39, 0.29) is 0 Å². The Bertz CT molecular complexity index is 1010. The molecule has 1 heterocycles. The van der Waals surface area contributed by atoms with Crippen LogP contribution in [-0.4, -0.2) is 4.98 Å². The van der Waals surface area contributed by atoms with Crippen LogP contribution in [0.2, 0.25) is 0 Å². The summed E-state index contributed by atoms with van der Waals surface area (Å²) in [6.45, 7) is 0. The van der Waals surface area contributed by atoms with Crippen LogP contribution in [0.1, 0.15) is 11.3 Å². The maximum Gasteiger partial charge on any atom is 0.153 e. The summed E-state index contributed by atoms with van der Waals surface area (Å²) in [7, 11) is 0. The third-order valence-corrected chi connectivity index (χ3v) is 3.92. The van der Waals surface area contributed by atoms with Crippen molar-refractivity contribution in [3.05, 3.63) is 102 Å². The molecule has 0 atom stereocenters. The van der Waals surface area contributed by atoms with E-state index in [2.05, 4.69) is 18.2 Å². The van der Waals surface area contributed by atoms with E-state index in [9.17, 15) is 0 Å². The van der Waals surface area contributed by atoms with Gasteiger partial charge in [0.1, 0.15) is 11.4 Å². The number of pyridine rings is 1. The van der Waals surface area contributed by atoms with Crippen molar-refractivity contribution in [1.29, 1.82) is 0 Å². The minimum Gasteiger partial charge on any atom is -0.455 e. The van der Waals surface area contributed by atoms with Gasteiger partial charge in [0, 0.05) is 5.39 Å². The van der Waals surface area contributed by atoms with E-state index in [4.69, 9.17) is 9.72 Å². The average molecular weight is 323 g/mol. The van der Waals surface area contributed by atoms with Crippen molar-refractivity contribution in [3.8, 4) is 11.5 Å². The van der Waals surface area contributed by atoms with Crippen LogP contribution in [0.15, 0.2) is 91.0 Å². The first-order valence-corrected chi connectivity index (χ1v) is 8.24. The molecule has 0 bridgehead atoms. The van der Waals surface area contributed by atoms with E-state index in [1.807, 2.05) is 84.9 Å². The first-order valence-electron chi connectivity index (χ1n) is 8.24. The molecule has 0 saturated carbocycles. The Morgan fingerprint density at radius 3 is 2.16 bits per heavy atom. The maximum absolute atomic E-state index is 6.09. The Morgan fingerprint density at radius 2 is 1.36 bits per heavy atom. The van der Waals surface area contributed by atoms with Gasteiger partial charge < -0.3 is 4.74 Å². The lowest BCUT2D eigenvalue weighted by Gasteiger charge is -2.10. The molecule has 3 aromatic carbocycles. The smallest absolute Gasteiger partial charge is 0.153 e. The Balaban J connectivity index is 1.77. The molecule has 0 fully saturated rings. The lowest BCUT2D eigenvalue weighted by Crippen LogP contribution is -1.92. The summed E-state index contributed by atoms with van der Waals surface area (Å²) in [5.74, 6) is 1.55. The van der Waals surface area contributed by atoms with Gasteiger partial charge in [-0.2, -0.15) is 0 Å². The number of hydrogen-bond acceptors (Lipinski definition) is 2. The summed E-state index contributed by atoms with van der Waals surface area (Å²) in [4.78, 5) is 4.77. The lowest BCUT2D eigenvalue weighted by molar-refractivity contribution is 0.480. The second-order valence-electron chi connectivity index (χ2n) is 5.72. The normalized spacial score (nSPS) is 11.0. The van der Waals surface area contributed by atoms with Gasteiger partial charge in [-0.25, -0.2) is 4.98 Å². The summed E-state index contributed by atoms with van der Waals surface area (Å²) >= 11 is 0. The van der Waals surface area contributed by atoms with Gasteiger partial charge in [-0.3, -0.25) is 0 Å². The summed E-state index contributed by atoms with van der Waals surface area (Å²) in [5, 5.41) is 1.06. The zero-order valence-corrected chi connectivity index (χ0v) is 13.7. The number of ether oxygens (including phenoxy) is 1.